The number of aromatic nitrogens is 3. The van der Waals surface area contributed by atoms with Gasteiger partial charge >= 0.3 is 5.97 Å². The lowest BCUT2D eigenvalue weighted by molar-refractivity contribution is -0.149. The van der Waals surface area contributed by atoms with Gasteiger partial charge in [-0.05, 0) is 45.7 Å². The summed E-state index contributed by atoms with van der Waals surface area (Å²) in [6, 6.07) is 10.7. The summed E-state index contributed by atoms with van der Waals surface area (Å²) in [6.45, 7) is 6.17. The van der Waals surface area contributed by atoms with Crippen molar-refractivity contribution in [2.45, 2.75) is 38.6 Å². The molecule has 2 fully saturated rings. The molecule has 0 N–H and O–H groups in total. The van der Waals surface area contributed by atoms with Gasteiger partial charge in [0.25, 0.3) is 0 Å². The molecule has 0 atom stereocenters. The monoisotopic (exact) mass is 395 g/mol. The molecule has 7 heteroatoms. The maximum Gasteiger partial charge on any atom is 0.309 e. The molecule has 0 unspecified atom stereocenters. The molecule has 0 aliphatic carbocycles. The zero-order chi connectivity index (χ0) is 20.1. The first-order valence-corrected chi connectivity index (χ1v) is 10.7. The molecule has 0 spiro atoms. The molecule has 0 saturated carbocycles. The fourth-order valence-corrected chi connectivity index (χ4v) is 4.37. The van der Waals surface area contributed by atoms with Crippen LogP contribution in [0.5, 0.6) is 0 Å². The van der Waals surface area contributed by atoms with Crippen LogP contribution in [-0.2, 0) is 9.53 Å². The predicted molar refractivity (Wildman–Crippen MR) is 111 cm³/mol. The highest BCUT2D eigenvalue weighted by Crippen LogP contribution is 2.26. The van der Waals surface area contributed by atoms with Gasteiger partial charge in [0.05, 0.1) is 24.4 Å². The van der Waals surface area contributed by atoms with Gasteiger partial charge in [-0.3, -0.25) is 4.79 Å². The van der Waals surface area contributed by atoms with Crippen molar-refractivity contribution in [1.82, 2.24) is 20.1 Å². The van der Waals surface area contributed by atoms with E-state index >= 15 is 0 Å². The van der Waals surface area contributed by atoms with E-state index in [2.05, 4.69) is 20.0 Å². The Morgan fingerprint density at radius 1 is 1.07 bits per heavy atom. The molecule has 2 aromatic rings. The highest BCUT2D eigenvalue weighted by molar-refractivity contribution is 5.72. The van der Waals surface area contributed by atoms with Crippen LogP contribution in [0.15, 0.2) is 36.5 Å². The second-order valence-corrected chi connectivity index (χ2v) is 7.79. The summed E-state index contributed by atoms with van der Waals surface area (Å²) < 4.78 is 5.18. The summed E-state index contributed by atoms with van der Waals surface area (Å²) in [5, 5.41) is 8.45. The molecule has 7 nitrogen and oxygen atoms in total. The minimum Gasteiger partial charge on any atom is -0.466 e. The summed E-state index contributed by atoms with van der Waals surface area (Å²) in [5.41, 5.74) is 1.92. The number of carbonyl (C=O) groups is 1. The zero-order valence-electron chi connectivity index (χ0n) is 17.0. The van der Waals surface area contributed by atoms with Crippen LogP contribution in [0.1, 0.15) is 32.6 Å². The number of likely N-dealkylation sites (tertiary alicyclic amines) is 1. The van der Waals surface area contributed by atoms with Gasteiger partial charge < -0.3 is 14.5 Å². The Morgan fingerprint density at radius 2 is 1.79 bits per heavy atom. The van der Waals surface area contributed by atoms with E-state index in [1.165, 1.54) is 0 Å². The average molecular weight is 396 g/mol. The third-order valence-electron chi connectivity index (χ3n) is 6.03. The van der Waals surface area contributed by atoms with E-state index in [1.54, 1.807) is 6.20 Å². The van der Waals surface area contributed by atoms with Crippen molar-refractivity contribution in [2.24, 2.45) is 5.92 Å². The second kappa shape index (κ2) is 9.31. The molecular formula is C22H29N5O2. The Balaban J connectivity index is 1.31. The lowest BCUT2D eigenvalue weighted by Gasteiger charge is -2.41. The normalized spacial score (nSPS) is 19.3. The van der Waals surface area contributed by atoms with E-state index in [9.17, 15) is 4.79 Å². The Morgan fingerprint density at radius 3 is 2.48 bits per heavy atom. The summed E-state index contributed by atoms with van der Waals surface area (Å²) in [5.74, 6) is 0.766. The van der Waals surface area contributed by atoms with Crippen molar-refractivity contribution in [3.8, 4) is 11.3 Å². The minimum absolute atomic E-state index is 0.0232. The third-order valence-corrected chi connectivity index (χ3v) is 6.03. The predicted octanol–water partition coefficient (Wildman–Crippen LogP) is 2.78. The fraction of sp³-hybridized carbons (Fsp3) is 0.545. The molecule has 154 valence electrons. The van der Waals surface area contributed by atoms with Gasteiger partial charge in [-0.25, -0.2) is 4.98 Å². The van der Waals surface area contributed by atoms with E-state index in [-0.39, 0.29) is 11.9 Å². The van der Waals surface area contributed by atoms with Crippen molar-refractivity contribution in [1.29, 1.82) is 0 Å². The van der Waals surface area contributed by atoms with Gasteiger partial charge in [0.1, 0.15) is 0 Å². The van der Waals surface area contributed by atoms with Crippen LogP contribution in [0.2, 0.25) is 0 Å². The van der Waals surface area contributed by atoms with Crippen LogP contribution in [0.25, 0.3) is 11.3 Å². The van der Waals surface area contributed by atoms with Crippen LogP contribution < -0.4 is 4.90 Å². The Hall–Kier alpha value is -2.54. The number of nitrogens with zero attached hydrogens (tertiary/aromatic N) is 5. The highest BCUT2D eigenvalue weighted by Gasteiger charge is 2.31. The highest BCUT2D eigenvalue weighted by atomic mass is 16.5. The summed E-state index contributed by atoms with van der Waals surface area (Å²) >= 11 is 0. The maximum absolute atomic E-state index is 11.9. The molecule has 29 heavy (non-hydrogen) atoms. The fourth-order valence-electron chi connectivity index (χ4n) is 4.37. The Bertz CT molecular complexity index is 800. The van der Waals surface area contributed by atoms with Crippen LogP contribution in [-0.4, -0.2) is 64.9 Å². The molecule has 4 rings (SSSR count). The number of hydrogen-bond donors (Lipinski definition) is 0. The summed E-state index contributed by atoms with van der Waals surface area (Å²) in [6.07, 6.45) is 5.71. The van der Waals surface area contributed by atoms with E-state index in [0.29, 0.717) is 18.6 Å². The molecule has 0 radical (unpaired) electrons. The van der Waals surface area contributed by atoms with Gasteiger partial charge in [0.2, 0.25) is 5.95 Å². The molecule has 2 saturated heterocycles. The van der Waals surface area contributed by atoms with Crippen LogP contribution in [0, 0.1) is 5.92 Å². The first-order valence-electron chi connectivity index (χ1n) is 10.7. The van der Waals surface area contributed by atoms with E-state index in [1.807, 2.05) is 37.3 Å². The van der Waals surface area contributed by atoms with Crippen molar-refractivity contribution in [3.63, 3.8) is 0 Å². The molecule has 1 aromatic carbocycles. The van der Waals surface area contributed by atoms with Crippen molar-refractivity contribution in [2.75, 3.05) is 37.7 Å². The SMILES string of the molecule is CCOC(=O)C1CCN(C2CCN(c3nncc(-c4ccccc4)n3)CC2)CC1. The largest absolute Gasteiger partial charge is 0.466 e. The molecule has 0 bridgehead atoms. The van der Waals surface area contributed by atoms with Gasteiger partial charge in [-0.15, -0.1) is 5.10 Å². The molecular weight excluding hydrogens is 366 g/mol. The summed E-state index contributed by atoms with van der Waals surface area (Å²) in [4.78, 5) is 21.5. The third kappa shape index (κ3) is 4.72. The first-order chi connectivity index (χ1) is 14.2. The topological polar surface area (TPSA) is 71.5 Å². The molecule has 2 aliphatic heterocycles. The molecule has 3 heterocycles. The van der Waals surface area contributed by atoms with Crippen molar-refractivity contribution >= 4 is 11.9 Å². The lowest BCUT2D eigenvalue weighted by Crippen LogP contribution is -2.48. The van der Waals surface area contributed by atoms with Crippen molar-refractivity contribution < 1.29 is 9.53 Å². The number of hydrogen-bond acceptors (Lipinski definition) is 7. The number of carbonyl (C=O) groups excluding carboxylic acids is 1. The van der Waals surface area contributed by atoms with Gasteiger partial charge in [-0.1, -0.05) is 30.3 Å². The molecule has 0 amide bonds. The number of anilines is 1. The maximum atomic E-state index is 11.9. The summed E-state index contributed by atoms with van der Waals surface area (Å²) in [7, 11) is 0. The van der Waals surface area contributed by atoms with Crippen LogP contribution >= 0.6 is 0 Å². The lowest BCUT2D eigenvalue weighted by atomic mass is 9.93. The van der Waals surface area contributed by atoms with E-state index in [4.69, 9.17) is 9.72 Å². The van der Waals surface area contributed by atoms with Gasteiger partial charge in [0.15, 0.2) is 0 Å². The zero-order valence-corrected chi connectivity index (χ0v) is 17.0. The van der Waals surface area contributed by atoms with Gasteiger partial charge in [-0.2, -0.15) is 5.10 Å². The number of piperidine rings is 2. The second-order valence-electron chi connectivity index (χ2n) is 7.79. The van der Waals surface area contributed by atoms with E-state index in [0.717, 1.165) is 63.1 Å². The number of benzene rings is 1. The molecule has 1 aromatic heterocycles. The van der Waals surface area contributed by atoms with Crippen molar-refractivity contribution in [3.05, 3.63) is 36.5 Å². The molecule has 2 aliphatic rings. The average Bonchev–Trinajstić information content (AvgIpc) is 2.80. The standard InChI is InChI=1S/C22H29N5O2/c1-2-29-21(28)18-8-12-26(13-9-18)19-10-14-27(15-11-19)22-24-20(16-23-25-22)17-6-4-3-5-7-17/h3-7,16,18-19H,2,8-15H2,1H3. The number of ether oxygens (including phenoxy) is 1. The Labute approximate surface area is 172 Å². The quantitative estimate of drug-likeness (QED) is 0.721. The first kappa shape index (κ1) is 19.8. The number of rotatable bonds is 5. The van der Waals surface area contributed by atoms with Gasteiger partial charge in [0, 0.05) is 24.7 Å². The van der Waals surface area contributed by atoms with Crippen LogP contribution in [0.3, 0.4) is 0 Å². The minimum atomic E-state index is -0.0232. The van der Waals surface area contributed by atoms with E-state index < -0.39 is 0 Å². The smallest absolute Gasteiger partial charge is 0.309 e. The number of esters is 1. The Kier molecular flexibility index (Phi) is 6.34. The van der Waals surface area contributed by atoms with Crippen LogP contribution in [0.4, 0.5) is 5.95 Å².